The molecule has 0 saturated carbocycles. The standard InChI is InChI=1S/C7H13N2O3/c1-2-9-7(12)5(8)3-4-6(10)11/h2,5H,3-4,8H2,1H3,(H,9,12)(H,10,11)/t5-/m0/s1. The van der Waals surface area contributed by atoms with Crippen molar-refractivity contribution in [2.24, 2.45) is 5.73 Å². The molecule has 69 valence electrons. The van der Waals surface area contributed by atoms with Crippen LogP contribution in [-0.4, -0.2) is 23.0 Å². The van der Waals surface area contributed by atoms with E-state index >= 15 is 0 Å². The van der Waals surface area contributed by atoms with Crippen LogP contribution in [0.5, 0.6) is 0 Å². The highest BCUT2D eigenvalue weighted by molar-refractivity contribution is 5.82. The van der Waals surface area contributed by atoms with Gasteiger partial charge in [-0.15, -0.1) is 0 Å². The van der Waals surface area contributed by atoms with Gasteiger partial charge in [0.05, 0.1) is 6.04 Å². The van der Waals surface area contributed by atoms with E-state index in [0.29, 0.717) is 0 Å². The van der Waals surface area contributed by atoms with Crippen LogP contribution >= 0.6 is 0 Å². The average Bonchev–Trinajstić information content (AvgIpc) is 2.00. The Bertz CT molecular complexity index is 170. The Morgan fingerprint density at radius 2 is 2.25 bits per heavy atom. The zero-order chi connectivity index (χ0) is 9.56. The second-order valence-corrected chi connectivity index (χ2v) is 2.34. The van der Waals surface area contributed by atoms with Gasteiger partial charge in [0.1, 0.15) is 0 Å². The van der Waals surface area contributed by atoms with Crippen molar-refractivity contribution >= 4 is 11.9 Å². The summed E-state index contributed by atoms with van der Waals surface area (Å²) in [6.07, 6.45) is 0.0767. The molecular formula is C7H13N2O3. The maximum Gasteiger partial charge on any atom is 0.303 e. The molecule has 0 unspecified atom stereocenters. The molecule has 0 aliphatic heterocycles. The highest BCUT2D eigenvalue weighted by Gasteiger charge is 2.13. The van der Waals surface area contributed by atoms with E-state index in [2.05, 4.69) is 5.32 Å². The molecule has 1 atom stereocenters. The number of carbonyl (C=O) groups is 2. The number of hydrogen-bond donors (Lipinski definition) is 3. The van der Waals surface area contributed by atoms with Crippen molar-refractivity contribution in [3.05, 3.63) is 6.54 Å². The van der Waals surface area contributed by atoms with Crippen molar-refractivity contribution in [3.63, 3.8) is 0 Å². The Kier molecular flexibility index (Phi) is 5.03. The van der Waals surface area contributed by atoms with Crippen LogP contribution < -0.4 is 11.1 Å². The second-order valence-electron chi connectivity index (χ2n) is 2.34. The molecule has 5 nitrogen and oxygen atoms in total. The number of nitrogens with one attached hydrogen (secondary N) is 1. The van der Waals surface area contributed by atoms with Crippen LogP contribution in [0.4, 0.5) is 0 Å². The summed E-state index contributed by atoms with van der Waals surface area (Å²) in [6, 6.07) is -0.739. The summed E-state index contributed by atoms with van der Waals surface area (Å²) in [6.45, 7) is 3.12. The van der Waals surface area contributed by atoms with Gasteiger partial charge in [0.15, 0.2) is 0 Å². The SMILES string of the molecule is C[CH]NC(=O)[C@@H](N)CCC(=O)O. The molecule has 0 bridgehead atoms. The van der Waals surface area contributed by atoms with Crippen LogP contribution in [-0.2, 0) is 9.59 Å². The maximum absolute atomic E-state index is 10.9. The lowest BCUT2D eigenvalue weighted by molar-refractivity contribution is -0.137. The Hall–Kier alpha value is -1.10. The third-order valence-electron chi connectivity index (χ3n) is 1.29. The third kappa shape index (κ3) is 4.68. The van der Waals surface area contributed by atoms with E-state index in [0.717, 1.165) is 0 Å². The minimum Gasteiger partial charge on any atom is -0.481 e. The average molecular weight is 173 g/mol. The number of rotatable bonds is 5. The maximum atomic E-state index is 10.9. The van der Waals surface area contributed by atoms with Crippen molar-refractivity contribution in [1.29, 1.82) is 0 Å². The normalized spacial score (nSPS) is 12.2. The predicted octanol–water partition coefficient (Wildman–Crippen LogP) is -0.524. The summed E-state index contributed by atoms with van der Waals surface area (Å²) in [4.78, 5) is 21.0. The summed E-state index contributed by atoms with van der Waals surface area (Å²) in [5, 5.41) is 10.7. The molecule has 1 radical (unpaired) electrons. The van der Waals surface area contributed by atoms with Gasteiger partial charge in [-0.05, 0) is 13.3 Å². The molecule has 0 aromatic rings. The Morgan fingerprint density at radius 3 is 2.67 bits per heavy atom. The van der Waals surface area contributed by atoms with E-state index in [1.807, 2.05) is 0 Å². The van der Waals surface area contributed by atoms with Crippen molar-refractivity contribution in [3.8, 4) is 0 Å². The molecule has 0 rings (SSSR count). The Labute approximate surface area is 70.9 Å². The van der Waals surface area contributed by atoms with Crippen molar-refractivity contribution in [1.82, 2.24) is 5.32 Å². The second kappa shape index (κ2) is 5.54. The molecule has 1 amide bonds. The quantitative estimate of drug-likeness (QED) is 0.521. The van der Waals surface area contributed by atoms with Gasteiger partial charge in [-0.3, -0.25) is 9.59 Å². The molecule has 0 aromatic carbocycles. The van der Waals surface area contributed by atoms with Crippen LogP contribution in [0.2, 0.25) is 0 Å². The van der Waals surface area contributed by atoms with E-state index in [9.17, 15) is 9.59 Å². The number of amides is 1. The van der Waals surface area contributed by atoms with Gasteiger partial charge in [0, 0.05) is 13.0 Å². The molecule has 0 fully saturated rings. The van der Waals surface area contributed by atoms with Gasteiger partial charge >= 0.3 is 5.97 Å². The third-order valence-corrected chi connectivity index (χ3v) is 1.29. The molecule has 5 heteroatoms. The lowest BCUT2D eigenvalue weighted by Gasteiger charge is -2.08. The molecule has 4 N–H and O–H groups in total. The number of hydrogen-bond acceptors (Lipinski definition) is 3. The Morgan fingerprint density at radius 1 is 1.67 bits per heavy atom. The van der Waals surface area contributed by atoms with Crippen LogP contribution in [0.15, 0.2) is 0 Å². The molecule has 0 aromatic heterocycles. The van der Waals surface area contributed by atoms with Gasteiger partial charge < -0.3 is 16.2 Å². The van der Waals surface area contributed by atoms with Crippen LogP contribution in [0.3, 0.4) is 0 Å². The highest BCUT2D eigenvalue weighted by atomic mass is 16.4. The molecule has 0 spiro atoms. The smallest absolute Gasteiger partial charge is 0.303 e. The van der Waals surface area contributed by atoms with Crippen molar-refractivity contribution < 1.29 is 14.7 Å². The van der Waals surface area contributed by atoms with Crippen molar-refractivity contribution in [2.45, 2.75) is 25.8 Å². The van der Waals surface area contributed by atoms with Crippen LogP contribution in [0.1, 0.15) is 19.8 Å². The molecule has 0 heterocycles. The first-order valence-electron chi connectivity index (χ1n) is 3.63. The number of carboxylic acid groups (broad SMARTS) is 1. The summed E-state index contributed by atoms with van der Waals surface area (Å²) in [5.41, 5.74) is 5.36. The highest BCUT2D eigenvalue weighted by Crippen LogP contribution is 1.94. The van der Waals surface area contributed by atoms with Crippen LogP contribution in [0.25, 0.3) is 0 Å². The van der Waals surface area contributed by atoms with Gasteiger partial charge in [0.25, 0.3) is 0 Å². The molecule has 0 aliphatic rings. The molecule has 0 saturated heterocycles. The van der Waals surface area contributed by atoms with E-state index in [1.165, 1.54) is 6.54 Å². The van der Waals surface area contributed by atoms with Gasteiger partial charge in [-0.1, -0.05) is 0 Å². The lowest BCUT2D eigenvalue weighted by atomic mass is 10.1. The van der Waals surface area contributed by atoms with E-state index in [-0.39, 0.29) is 18.7 Å². The fraction of sp³-hybridized carbons (Fsp3) is 0.571. The minimum absolute atomic E-state index is 0.0850. The predicted molar refractivity (Wildman–Crippen MR) is 43.0 cm³/mol. The Balaban J connectivity index is 3.63. The van der Waals surface area contributed by atoms with E-state index in [1.54, 1.807) is 6.92 Å². The first kappa shape index (κ1) is 10.9. The summed E-state index contributed by atoms with van der Waals surface area (Å²) in [5.74, 6) is -1.29. The van der Waals surface area contributed by atoms with Gasteiger partial charge in [-0.2, -0.15) is 0 Å². The summed E-state index contributed by atoms with van der Waals surface area (Å²) < 4.78 is 0. The summed E-state index contributed by atoms with van der Waals surface area (Å²) >= 11 is 0. The molecule has 12 heavy (non-hydrogen) atoms. The minimum atomic E-state index is -0.946. The van der Waals surface area contributed by atoms with Gasteiger partial charge in [0.2, 0.25) is 5.91 Å². The van der Waals surface area contributed by atoms with Gasteiger partial charge in [-0.25, -0.2) is 0 Å². The molecule has 0 aliphatic carbocycles. The van der Waals surface area contributed by atoms with E-state index in [4.69, 9.17) is 10.8 Å². The largest absolute Gasteiger partial charge is 0.481 e. The van der Waals surface area contributed by atoms with E-state index < -0.39 is 12.0 Å². The number of aliphatic carboxylic acids is 1. The topological polar surface area (TPSA) is 92.4 Å². The van der Waals surface area contributed by atoms with Crippen LogP contribution in [0, 0.1) is 6.54 Å². The monoisotopic (exact) mass is 173 g/mol. The molecular weight excluding hydrogens is 160 g/mol. The first-order chi connectivity index (χ1) is 5.57. The number of nitrogens with two attached hydrogens (primary N) is 1. The lowest BCUT2D eigenvalue weighted by Crippen LogP contribution is -2.39. The fourth-order valence-electron chi connectivity index (χ4n) is 0.659. The first-order valence-corrected chi connectivity index (χ1v) is 3.63. The zero-order valence-corrected chi connectivity index (χ0v) is 6.91. The summed E-state index contributed by atoms with van der Waals surface area (Å²) in [7, 11) is 0. The number of carbonyl (C=O) groups excluding carboxylic acids is 1. The fourth-order valence-corrected chi connectivity index (χ4v) is 0.659. The van der Waals surface area contributed by atoms with Crippen molar-refractivity contribution in [2.75, 3.05) is 0 Å². The zero-order valence-electron chi connectivity index (χ0n) is 6.91. The number of carboxylic acids is 1.